The number of carbonyl (C=O) groups is 5. The zero-order valence-corrected chi connectivity index (χ0v) is 14.7. The molecule has 2 aliphatic heterocycles. The first-order chi connectivity index (χ1) is 12.5. The molecule has 0 aliphatic carbocycles. The lowest BCUT2D eigenvalue weighted by Gasteiger charge is -2.14. The van der Waals surface area contributed by atoms with E-state index in [1.807, 2.05) is 0 Å². The highest BCUT2D eigenvalue weighted by molar-refractivity contribution is 8.14. The number of thioether (sulfide) groups is 1. The van der Waals surface area contributed by atoms with Crippen molar-refractivity contribution in [3.05, 3.63) is 35.4 Å². The van der Waals surface area contributed by atoms with Gasteiger partial charge >= 0.3 is 0 Å². The Kier molecular flexibility index (Phi) is 5.36. The van der Waals surface area contributed by atoms with Crippen molar-refractivity contribution < 1.29 is 24.0 Å². The number of fused-ring (bicyclic) bond motifs is 1. The highest BCUT2D eigenvalue weighted by atomic mass is 32.2. The van der Waals surface area contributed by atoms with Crippen molar-refractivity contribution in [2.24, 2.45) is 0 Å². The van der Waals surface area contributed by atoms with E-state index in [1.165, 1.54) is 0 Å². The first kappa shape index (κ1) is 18.1. The van der Waals surface area contributed by atoms with Crippen LogP contribution in [-0.2, 0) is 9.59 Å². The quantitative estimate of drug-likeness (QED) is 0.710. The molecule has 1 N–H and O–H groups in total. The molecule has 1 aromatic rings. The molecule has 3 rings (SSSR count). The summed E-state index contributed by atoms with van der Waals surface area (Å²) in [4.78, 5) is 61.4. The molecule has 5 amide bonds. The third kappa shape index (κ3) is 3.62. The van der Waals surface area contributed by atoms with E-state index in [0.717, 1.165) is 21.6 Å². The minimum Gasteiger partial charge on any atom is -0.354 e. The second-order valence-electron chi connectivity index (χ2n) is 5.86. The Morgan fingerprint density at radius 1 is 1.00 bits per heavy atom. The van der Waals surface area contributed by atoms with E-state index in [9.17, 15) is 24.0 Å². The van der Waals surface area contributed by atoms with Crippen molar-refractivity contribution in [3.63, 3.8) is 0 Å². The van der Waals surface area contributed by atoms with Gasteiger partial charge in [-0.25, -0.2) is 0 Å². The van der Waals surface area contributed by atoms with Gasteiger partial charge in [-0.2, -0.15) is 0 Å². The van der Waals surface area contributed by atoms with E-state index in [0.29, 0.717) is 17.5 Å². The molecule has 0 radical (unpaired) electrons. The Morgan fingerprint density at radius 3 is 2.23 bits per heavy atom. The summed E-state index contributed by atoms with van der Waals surface area (Å²) in [6.45, 7) is 0.498. The molecule has 1 fully saturated rings. The molecule has 9 heteroatoms. The summed E-state index contributed by atoms with van der Waals surface area (Å²) >= 11 is 0.951. The number of hydrogen-bond acceptors (Lipinski definition) is 6. The molecule has 2 aliphatic rings. The molecule has 0 aromatic heterocycles. The average molecular weight is 375 g/mol. The molecular formula is C17H17N3O5S. The number of hydrogen-bond donors (Lipinski definition) is 1. The largest absolute Gasteiger partial charge is 0.354 e. The fourth-order valence-corrected chi connectivity index (χ4v) is 3.58. The molecular weight excluding hydrogens is 358 g/mol. The molecule has 0 saturated carbocycles. The third-order valence-electron chi connectivity index (χ3n) is 4.16. The van der Waals surface area contributed by atoms with Gasteiger partial charge in [0, 0.05) is 26.1 Å². The fourth-order valence-electron chi connectivity index (χ4n) is 2.83. The van der Waals surface area contributed by atoms with Crippen LogP contribution in [-0.4, -0.2) is 64.1 Å². The number of benzene rings is 1. The molecule has 8 nitrogen and oxygen atoms in total. The Bertz CT molecular complexity index is 743. The van der Waals surface area contributed by atoms with Crippen molar-refractivity contribution in [1.29, 1.82) is 0 Å². The number of rotatable bonds is 7. The van der Waals surface area contributed by atoms with E-state index in [-0.39, 0.29) is 60.7 Å². The van der Waals surface area contributed by atoms with E-state index in [1.54, 1.807) is 24.3 Å². The summed E-state index contributed by atoms with van der Waals surface area (Å²) in [5.41, 5.74) is 0.777. The Labute approximate surface area is 153 Å². The lowest BCUT2D eigenvalue weighted by Crippen LogP contribution is -2.37. The maximum atomic E-state index is 12.2. The van der Waals surface area contributed by atoms with Crippen molar-refractivity contribution in [2.75, 3.05) is 25.4 Å². The van der Waals surface area contributed by atoms with Crippen LogP contribution < -0.4 is 5.32 Å². The topological polar surface area (TPSA) is 104 Å². The van der Waals surface area contributed by atoms with Crippen molar-refractivity contribution in [3.8, 4) is 0 Å². The number of nitrogens with one attached hydrogen (secondary N) is 1. The Balaban J connectivity index is 1.39. The summed E-state index contributed by atoms with van der Waals surface area (Å²) in [6, 6.07) is 6.63. The first-order valence-corrected chi connectivity index (χ1v) is 9.16. The number of carbonyl (C=O) groups excluding carboxylic acids is 5. The summed E-state index contributed by atoms with van der Waals surface area (Å²) in [5, 5.41) is 2.34. The summed E-state index contributed by atoms with van der Waals surface area (Å²) in [7, 11) is 0. The molecule has 0 unspecified atom stereocenters. The fraction of sp³-hybridized carbons (Fsp3) is 0.353. The lowest BCUT2D eigenvalue weighted by molar-refractivity contribution is -0.125. The van der Waals surface area contributed by atoms with Crippen LogP contribution in [0.3, 0.4) is 0 Å². The van der Waals surface area contributed by atoms with Crippen molar-refractivity contribution in [2.45, 2.75) is 12.8 Å². The van der Waals surface area contributed by atoms with Gasteiger partial charge in [0.2, 0.25) is 11.8 Å². The predicted molar refractivity (Wildman–Crippen MR) is 93.6 cm³/mol. The molecule has 0 bridgehead atoms. The van der Waals surface area contributed by atoms with Crippen LogP contribution in [0, 0.1) is 0 Å². The van der Waals surface area contributed by atoms with Gasteiger partial charge in [-0.3, -0.25) is 33.8 Å². The van der Waals surface area contributed by atoms with Crippen molar-refractivity contribution in [1.82, 2.24) is 15.1 Å². The van der Waals surface area contributed by atoms with Crippen molar-refractivity contribution >= 4 is 40.6 Å². The predicted octanol–water partition coefficient (Wildman–Crippen LogP) is 0.874. The molecule has 0 spiro atoms. The van der Waals surface area contributed by atoms with Gasteiger partial charge in [0.25, 0.3) is 17.1 Å². The van der Waals surface area contributed by atoms with Gasteiger partial charge in [0.1, 0.15) is 0 Å². The summed E-state index contributed by atoms with van der Waals surface area (Å²) in [6.07, 6.45) is 0.485. The van der Waals surface area contributed by atoms with Crippen LogP contribution in [0.1, 0.15) is 33.6 Å². The van der Waals surface area contributed by atoms with Gasteiger partial charge < -0.3 is 5.32 Å². The van der Waals surface area contributed by atoms with E-state index >= 15 is 0 Å². The third-order valence-corrected chi connectivity index (χ3v) is 5.02. The van der Waals surface area contributed by atoms with E-state index in [4.69, 9.17) is 0 Å². The molecule has 1 saturated heterocycles. The van der Waals surface area contributed by atoms with Crippen LogP contribution >= 0.6 is 11.8 Å². The van der Waals surface area contributed by atoms with Crippen LogP contribution in [0.4, 0.5) is 4.79 Å². The SMILES string of the molecule is O=C(CCCN1C(=O)c2ccccc2C1=O)NCCN1C(=O)CSC1=O. The molecule has 26 heavy (non-hydrogen) atoms. The number of imide groups is 2. The minimum atomic E-state index is -0.338. The van der Waals surface area contributed by atoms with E-state index in [2.05, 4.69) is 5.32 Å². The van der Waals surface area contributed by atoms with Gasteiger partial charge in [-0.1, -0.05) is 23.9 Å². The monoisotopic (exact) mass is 375 g/mol. The zero-order valence-electron chi connectivity index (χ0n) is 13.9. The normalized spacial score (nSPS) is 16.5. The standard InChI is InChI=1S/C17H17N3O5S/c21-13(18-7-9-19-14(22)10-26-17(19)25)6-3-8-20-15(23)11-4-1-2-5-12(11)16(20)24/h1-2,4-5H,3,6-10H2,(H,18,21). The van der Waals surface area contributed by atoms with Crippen LogP contribution in [0.2, 0.25) is 0 Å². The number of amides is 5. The first-order valence-electron chi connectivity index (χ1n) is 8.18. The Morgan fingerprint density at radius 2 is 1.65 bits per heavy atom. The second-order valence-corrected chi connectivity index (χ2v) is 6.79. The maximum absolute atomic E-state index is 12.2. The summed E-state index contributed by atoms with van der Waals surface area (Å²) < 4.78 is 0. The molecule has 2 heterocycles. The maximum Gasteiger partial charge on any atom is 0.288 e. The minimum absolute atomic E-state index is 0.143. The highest BCUT2D eigenvalue weighted by Gasteiger charge is 2.34. The van der Waals surface area contributed by atoms with Crippen LogP contribution in [0.5, 0.6) is 0 Å². The zero-order chi connectivity index (χ0) is 18.7. The smallest absolute Gasteiger partial charge is 0.288 e. The van der Waals surface area contributed by atoms with Gasteiger partial charge in [-0.05, 0) is 18.6 Å². The molecule has 0 atom stereocenters. The molecule has 136 valence electrons. The highest BCUT2D eigenvalue weighted by Crippen LogP contribution is 2.22. The van der Waals surface area contributed by atoms with E-state index < -0.39 is 0 Å². The number of nitrogens with zero attached hydrogens (tertiary/aromatic N) is 2. The second kappa shape index (κ2) is 7.69. The summed E-state index contributed by atoms with van der Waals surface area (Å²) in [5.74, 6) is -1.04. The van der Waals surface area contributed by atoms with Gasteiger partial charge in [-0.15, -0.1) is 0 Å². The van der Waals surface area contributed by atoms with Gasteiger partial charge in [0.05, 0.1) is 16.9 Å². The lowest BCUT2D eigenvalue weighted by atomic mass is 10.1. The van der Waals surface area contributed by atoms with Crippen LogP contribution in [0.15, 0.2) is 24.3 Å². The van der Waals surface area contributed by atoms with Gasteiger partial charge in [0.15, 0.2) is 0 Å². The van der Waals surface area contributed by atoms with Crippen LogP contribution in [0.25, 0.3) is 0 Å². The molecule has 1 aromatic carbocycles. The average Bonchev–Trinajstić information content (AvgIpc) is 3.07. The Hall–Kier alpha value is -2.68.